The fraction of sp³-hybridized carbons (Fsp3) is 0.647. The van der Waals surface area contributed by atoms with Gasteiger partial charge in [0.15, 0.2) is 0 Å². The van der Waals surface area contributed by atoms with E-state index in [1.807, 2.05) is 6.07 Å². The van der Waals surface area contributed by atoms with Crippen molar-refractivity contribution in [1.29, 1.82) is 0 Å². The SMILES string of the molecule is CCCCCCCCCC(O)Cc1cccc(F)c1. The Kier molecular flexibility index (Phi) is 8.48. The zero-order valence-corrected chi connectivity index (χ0v) is 12.1. The lowest BCUT2D eigenvalue weighted by molar-refractivity contribution is 0.161. The van der Waals surface area contributed by atoms with E-state index in [2.05, 4.69) is 6.92 Å². The van der Waals surface area contributed by atoms with Gasteiger partial charge in [-0.2, -0.15) is 0 Å². The van der Waals surface area contributed by atoms with Crippen molar-refractivity contribution in [3.8, 4) is 0 Å². The Morgan fingerprint density at radius 3 is 2.42 bits per heavy atom. The van der Waals surface area contributed by atoms with Crippen molar-refractivity contribution < 1.29 is 9.50 Å². The highest BCUT2D eigenvalue weighted by molar-refractivity contribution is 5.16. The van der Waals surface area contributed by atoms with Gasteiger partial charge in [-0.25, -0.2) is 4.39 Å². The molecule has 1 atom stereocenters. The third kappa shape index (κ3) is 7.99. The van der Waals surface area contributed by atoms with Crippen LogP contribution >= 0.6 is 0 Å². The number of halogens is 1. The van der Waals surface area contributed by atoms with Crippen molar-refractivity contribution in [1.82, 2.24) is 0 Å². The molecular weight excluding hydrogens is 239 g/mol. The minimum absolute atomic E-state index is 0.222. The van der Waals surface area contributed by atoms with Crippen molar-refractivity contribution in [2.24, 2.45) is 0 Å². The molecule has 0 fully saturated rings. The van der Waals surface area contributed by atoms with Crippen LogP contribution in [0.25, 0.3) is 0 Å². The van der Waals surface area contributed by atoms with Gasteiger partial charge in [-0.05, 0) is 30.5 Å². The first-order valence-corrected chi connectivity index (χ1v) is 7.65. The average Bonchev–Trinajstić information content (AvgIpc) is 2.37. The second-order valence-electron chi connectivity index (χ2n) is 5.40. The molecule has 1 nitrogen and oxygen atoms in total. The summed E-state index contributed by atoms with van der Waals surface area (Å²) in [4.78, 5) is 0. The van der Waals surface area contributed by atoms with Crippen molar-refractivity contribution in [2.45, 2.75) is 70.8 Å². The van der Waals surface area contributed by atoms with Crippen LogP contribution in [-0.4, -0.2) is 11.2 Å². The molecule has 1 N–H and O–H groups in total. The summed E-state index contributed by atoms with van der Waals surface area (Å²) in [6.45, 7) is 2.22. The molecule has 0 saturated heterocycles. The number of rotatable bonds is 10. The van der Waals surface area contributed by atoms with E-state index in [1.165, 1.54) is 50.7 Å². The standard InChI is InChI=1S/C17H27FO/c1-2-3-4-5-6-7-8-12-17(19)14-15-10-9-11-16(18)13-15/h9-11,13,17,19H,2-8,12,14H2,1H3. The molecule has 0 aliphatic rings. The molecule has 0 aromatic heterocycles. The van der Waals surface area contributed by atoms with E-state index >= 15 is 0 Å². The Bertz CT molecular complexity index is 338. The summed E-state index contributed by atoms with van der Waals surface area (Å²) < 4.78 is 13.0. The number of unbranched alkanes of at least 4 members (excludes halogenated alkanes) is 6. The molecule has 0 aliphatic carbocycles. The van der Waals surface area contributed by atoms with E-state index in [0.717, 1.165) is 18.4 Å². The Morgan fingerprint density at radius 2 is 1.74 bits per heavy atom. The van der Waals surface area contributed by atoms with Crippen LogP contribution in [0.1, 0.15) is 63.9 Å². The van der Waals surface area contributed by atoms with Gasteiger partial charge in [-0.1, -0.05) is 64.0 Å². The molecule has 1 aromatic rings. The molecule has 0 bridgehead atoms. The molecule has 2 heteroatoms. The van der Waals surface area contributed by atoms with Gasteiger partial charge in [0.05, 0.1) is 6.10 Å². The number of hydrogen-bond acceptors (Lipinski definition) is 1. The Hall–Kier alpha value is -0.890. The van der Waals surface area contributed by atoms with Crippen LogP contribution in [0.15, 0.2) is 24.3 Å². The summed E-state index contributed by atoms with van der Waals surface area (Å²) in [5.74, 6) is -0.222. The number of hydrogen-bond donors (Lipinski definition) is 1. The van der Waals surface area contributed by atoms with Crippen LogP contribution in [0.2, 0.25) is 0 Å². The van der Waals surface area contributed by atoms with Crippen molar-refractivity contribution in [3.63, 3.8) is 0 Å². The predicted octanol–water partition coefficient (Wildman–Crippen LogP) is 4.87. The molecule has 0 saturated carbocycles. The first-order chi connectivity index (χ1) is 9.22. The molecule has 0 heterocycles. The summed E-state index contributed by atoms with van der Waals surface area (Å²) in [5.41, 5.74) is 0.885. The van der Waals surface area contributed by atoms with E-state index in [0.29, 0.717) is 6.42 Å². The average molecular weight is 266 g/mol. The van der Waals surface area contributed by atoms with Crippen molar-refractivity contribution in [3.05, 3.63) is 35.6 Å². The van der Waals surface area contributed by atoms with Gasteiger partial charge in [0, 0.05) is 0 Å². The Labute approximate surface area is 116 Å². The molecule has 19 heavy (non-hydrogen) atoms. The van der Waals surface area contributed by atoms with Crippen LogP contribution in [-0.2, 0) is 6.42 Å². The molecule has 1 unspecified atom stereocenters. The van der Waals surface area contributed by atoms with Crippen LogP contribution in [0.4, 0.5) is 4.39 Å². The highest BCUT2D eigenvalue weighted by Crippen LogP contribution is 2.13. The molecular formula is C17H27FO. The minimum Gasteiger partial charge on any atom is -0.393 e. The zero-order valence-electron chi connectivity index (χ0n) is 12.1. The van der Waals surface area contributed by atoms with E-state index < -0.39 is 0 Å². The van der Waals surface area contributed by atoms with Crippen LogP contribution in [0.5, 0.6) is 0 Å². The molecule has 108 valence electrons. The summed E-state index contributed by atoms with van der Waals surface area (Å²) in [7, 11) is 0. The summed E-state index contributed by atoms with van der Waals surface area (Å²) >= 11 is 0. The first-order valence-electron chi connectivity index (χ1n) is 7.65. The lowest BCUT2D eigenvalue weighted by Gasteiger charge is -2.10. The largest absolute Gasteiger partial charge is 0.393 e. The fourth-order valence-corrected chi connectivity index (χ4v) is 2.38. The van der Waals surface area contributed by atoms with Gasteiger partial charge in [0.25, 0.3) is 0 Å². The molecule has 1 aromatic carbocycles. The smallest absolute Gasteiger partial charge is 0.123 e. The first kappa shape index (κ1) is 16.2. The minimum atomic E-state index is -0.336. The predicted molar refractivity (Wildman–Crippen MR) is 78.7 cm³/mol. The molecule has 0 amide bonds. The van der Waals surface area contributed by atoms with E-state index in [4.69, 9.17) is 0 Å². The second kappa shape index (κ2) is 9.96. The molecule has 0 radical (unpaired) electrons. The lowest BCUT2D eigenvalue weighted by Crippen LogP contribution is -2.10. The van der Waals surface area contributed by atoms with Crippen LogP contribution in [0.3, 0.4) is 0 Å². The van der Waals surface area contributed by atoms with E-state index in [1.54, 1.807) is 6.07 Å². The maximum atomic E-state index is 13.0. The van der Waals surface area contributed by atoms with Crippen molar-refractivity contribution >= 4 is 0 Å². The Balaban J connectivity index is 2.06. The zero-order chi connectivity index (χ0) is 13.9. The topological polar surface area (TPSA) is 20.2 Å². The molecule has 0 spiro atoms. The maximum Gasteiger partial charge on any atom is 0.123 e. The Morgan fingerprint density at radius 1 is 1.05 bits per heavy atom. The van der Waals surface area contributed by atoms with Gasteiger partial charge in [0.2, 0.25) is 0 Å². The lowest BCUT2D eigenvalue weighted by atomic mass is 10.0. The summed E-state index contributed by atoms with van der Waals surface area (Å²) in [6, 6.07) is 6.52. The number of aliphatic hydroxyl groups excluding tert-OH is 1. The van der Waals surface area contributed by atoms with Crippen LogP contribution < -0.4 is 0 Å². The maximum absolute atomic E-state index is 13.0. The van der Waals surface area contributed by atoms with Crippen LogP contribution in [0, 0.1) is 5.82 Å². The van der Waals surface area contributed by atoms with Gasteiger partial charge < -0.3 is 5.11 Å². The van der Waals surface area contributed by atoms with Gasteiger partial charge >= 0.3 is 0 Å². The number of aliphatic hydroxyl groups is 1. The quantitative estimate of drug-likeness (QED) is 0.599. The fourth-order valence-electron chi connectivity index (χ4n) is 2.38. The second-order valence-corrected chi connectivity index (χ2v) is 5.40. The third-order valence-electron chi connectivity index (χ3n) is 3.50. The normalized spacial score (nSPS) is 12.6. The monoisotopic (exact) mass is 266 g/mol. The van der Waals surface area contributed by atoms with E-state index in [-0.39, 0.29) is 11.9 Å². The van der Waals surface area contributed by atoms with Crippen molar-refractivity contribution in [2.75, 3.05) is 0 Å². The van der Waals surface area contributed by atoms with E-state index in [9.17, 15) is 9.50 Å². The summed E-state index contributed by atoms with van der Waals surface area (Å²) in [5, 5.41) is 9.91. The van der Waals surface area contributed by atoms with Gasteiger partial charge in [-0.3, -0.25) is 0 Å². The third-order valence-corrected chi connectivity index (χ3v) is 3.50. The highest BCUT2D eigenvalue weighted by atomic mass is 19.1. The highest BCUT2D eigenvalue weighted by Gasteiger charge is 2.06. The molecule has 1 rings (SSSR count). The van der Waals surface area contributed by atoms with Gasteiger partial charge in [0.1, 0.15) is 5.82 Å². The summed E-state index contributed by atoms with van der Waals surface area (Å²) in [6.07, 6.45) is 9.86. The van der Waals surface area contributed by atoms with Gasteiger partial charge in [-0.15, -0.1) is 0 Å². The molecule has 0 aliphatic heterocycles. The number of benzene rings is 1.